The monoisotopic (exact) mass is 358 g/mol. The lowest BCUT2D eigenvalue weighted by Gasteiger charge is -2.24. The van der Waals surface area contributed by atoms with E-state index in [4.69, 9.17) is 19.6 Å². The van der Waals surface area contributed by atoms with Crippen LogP contribution in [0.2, 0.25) is 0 Å². The Morgan fingerprint density at radius 2 is 1.41 bits per heavy atom. The summed E-state index contributed by atoms with van der Waals surface area (Å²) in [6, 6.07) is 26.4. The second-order valence-electron chi connectivity index (χ2n) is 6.09. The van der Waals surface area contributed by atoms with E-state index in [1.165, 1.54) is 0 Å². The number of hydrogen-bond acceptors (Lipinski definition) is 5. The van der Waals surface area contributed by atoms with Crippen LogP contribution in [-0.2, 0) is 10.6 Å². The second-order valence-corrected chi connectivity index (χ2v) is 6.09. The van der Waals surface area contributed by atoms with Crippen molar-refractivity contribution in [1.29, 1.82) is 0 Å². The third-order valence-corrected chi connectivity index (χ3v) is 4.49. The Bertz CT molecular complexity index is 983. The lowest BCUT2D eigenvalue weighted by molar-refractivity contribution is -0.302. The van der Waals surface area contributed by atoms with Crippen LogP contribution in [0.15, 0.2) is 94.9 Å². The van der Waals surface area contributed by atoms with Gasteiger partial charge in [-0.15, -0.1) is 0 Å². The molecule has 134 valence electrons. The normalized spacial score (nSPS) is 18.7. The molecular formula is C22H18N2O3. The molecule has 0 saturated carbocycles. The molecule has 1 unspecified atom stereocenters. The average molecular weight is 358 g/mol. The Morgan fingerprint density at radius 3 is 2.00 bits per heavy atom. The molecule has 0 saturated heterocycles. The Hall–Kier alpha value is -3.28. The fourth-order valence-electron chi connectivity index (χ4n) is 3.12. The van der Waals surface area contributed by atoms with Crippen LogP contribution >= 0.6 is 0 Å². The van der Waals surface area contributed by atoms with Crippen molar-refractivity contribution in [1.82, 2.24) is 0 Å². The molecule has 5 heteroatoms. The summed E-state index contributed by atoms with van der Waals surface area (Å²) in [6.07, 6.45) is 0. The highest BCUT2D eigenvalue weighted by Crippen LogP contribution is 2.36. The molecule has 0 bridgehead atoms. The van der Waals surface area contributed by atoms with Gasteiger partial charge in [-0.05, 0) is 24.3 Å². The number of methoxy groups -OCH3 is 1. The third kappa shape index (κ3) is 3.03. The van der Waals surface area contributed by atoms with Gasteiger partial charge in [0.25, 0.3) is 5.72 Å². The molecule has 4 rings (SSSR count). The molecule has 0 fully saturated rings. The smallest absolute Gasteiger partial charge is 0.262 e. The van der Waals surface area contributed by atoms with Crippen LogP contribution in [0.1, 0.15) is 16.7 Å². The topological polar surface area (TPSA) is 63.4 Å². The van der Waals surface area contributed by atoms with Crippen LogP contribution in [0.3, 0.4) is 0 Å². The standard InChI is InChI=1S/C22H18N2O3/c1-26-19-14-12-17(13-15-19)21-23-20(16-8-4-2-5-9-16)22(24-21,27-25)18-10-6-3-7-11-18/h2-15,25H,1H3. The number of hydrogen-bond donors (Lipinski definition) is 1. The van der Waals surface area contributed by atoms with E-state index < -0.39 is 5.72 Å². The number of ether oxygens (including phenoxy) is 1. The highest BCUT2D eigenvalue weighted by Gasteiger charge is 2.45. The van der Waals surface area contributed by atoms with Gasteiger partial charge in [0.1, 0.15) is 11.5 Å². The first-order valence-corrected chi connectivity index (χ1v) is 8.54. The summed E-state index contributed by atoms with van der Waals surface area (Å²) < 4.78 is 5.21. The molecule has 0 radical (unpaired) electrons. The SMILES string of the molecule is COc1ccc(C2=NC(OO)(c3ccccc3)C(c3ccccc3)=N2)cc1. The van der Waals surface area contributed by atoms with Gasteiger partial charge in [-0.3, -0.25) is 0 Å². The van der Waals surface area contributed by atoms with Gasteiger partial charge in [-0.2, -0.15) is 4.89 Å². The first-order valence-electron chi connectivity index (χ1n) is 8.54. The van der Waals surface area contributed by atoms with Gasteiger partial charge < -0.3 is 4.74 Å². The van der Waals surface area contributed by atoms with E-state index in [0.29, 0.717) is 17.1 Å². The fourth-order valence-corrected chi connectivity index (χ4v) is 3.12. The summed E-state index contributed by atoms with van der Waals surface area (Å²) in [5, 5.41) is 9.94. The largest absolute Gasteiger partial charge is 0.497 e. The maximum absolute atomic E-state index is 9.94. The van der Waals surface area contributed by atoms with Gasteiger partial charge in [0.2, 0.25) is 0 Å². The maximum Gasteiger partial charge on any atom is 0.262 e. The predicted molar refractivity (Wildman–Crippen MR) is 104 cm³/mol. The molecule has 3 aromatic carbocycles. The van der Waals surface area contributed by atoms with E-state index in [9.17, 15) is 5.26 Å². The molecule has 1 atom stereocenters. The van der Waals surface area contributed by atoms with Crippen molar-refractivity contribution in [3.8, 4) is 5.75 Å². The van der Waals surface area contributed by atoms with Crippen molar-refractivity contribution in [3.05, 3.63) is 102 Å². The number of rotatable bonds is 5. The lowest BCUT2D eigenvalue weighted by atomic mass is 9.93. The summed E-state index contributed by atoms with van der Waals surface area (Å²) in [7, 11) is 1.62. The number of benzene rings is 3. The lowest BCUT2D eigenvalue weighted by Crippen LogP contribution is -2.34. The minimum absolute atomic E-state index is 0.481. The Kier molecular flexibility index (Phi) is 4.54. The predicted octanol–water partition coefficient (Wildman–Crippen LogP) is 4.29. The highest BCUT2D eigenvalue weighted by molar-refractivity contribution is 6.20. The van der Waals surface area contributed by atoms with Gasteiger partial charge in [0, 0.05) is 16.7 Å². The highest BCUT2D eigenvalue weighted by atomic mass is 17.1. The summed E-state index contributed by atoms with van der Waals surface area (Å²) in [4.78, 5) is 14.4. The Morgan fingerprint density at radius 1 is 0.778 bits per heavy atom. The maximum atomic E-state index is 9.94. The van der Waals surface area contributed by atoms with Crippen molar-refractivity contribution >= 4 is 11.5 Å². The minimum atomic E-state index is -1.42. The fraction of sp³-hybridized carbons (Fsp3) is 0.0909. The van der Waals surface area contributed by atoms with Crippen molar-refractivity contribution in [2.75, 3.05) is 7.11 Å². The molecule has 1 aliphatic heterocycles. The van der Waals surface area contributed by atoms with E-state index >= 15 is 0 Å². The average Bonchev–Trinajstić information content (AvgIpc) is 3.16. The molecule has 1 N–H and O–H groups in total. The molecule has 0 aromatic heterocycles. The molecule has 3 aromatic rings. The van der Waals surface area contributed by atoms with E-state index in [0.717, 1.165) is 16.9 Å². The molecular weight excluding hydrogens is 340 g/mol. The van der Waals surface area contributed by atoms with Crippen LogP contribution in [0, 0.1) is 0 Å². The summed E-state index contributed by atoms with van der Waals surface area (Å²) in [5.41, 5.74) is 1.43. The van der Waals surface area contributed by atoms with E-state index in [1.54, 1.807) is 7.11 Å². The Labute approximate surface area is 157 Å². The van der Waals surface area contributed by atoms with Gasteiger partial charge in [0.05, 0.1) is 7.11 Å². The molecule has 0 aliphatic carbocycles. The minimum Gasteiger partial charge on any atom is -0.497 e. The van der Waals surface area contributed by atoms with Crippen molar-refractivity contribution in [2.45, 2.75) is 5.72 Å². The zero-order valence-electron chi connectivity index (χ0n) is 14.7. The van der Waals surface area contributed by atoms with Crippen molar-refractivity contribution < 1.29 is 14.9 Å². The zero-order valence-corrected chi connectivity index (χ0v) is 14.7. The van der Waals surface area contributed by atoms with E-state index in [-0.39, 0.29) is 0 Å². The molecule has 1 heterocycles. The molecule has 0 amide bonds. The van der Waals surface area contributed by atoms with Crippen LogP contribution in [0.4, 0.5) is 0 Å². The molecule has 27 heavy (non-hydrogen) atoms. The summed E-state index contributed by atoms with van der Waals surface area (Å²) in [6.45, 7) is 0. The molecule has 0 spiro atoms. The zero-order chi connectivity index (χ0) is 18.7. The van der Waals surface area contributed by atoms with Crippen LogP contribution < -0.4 is 4.74 Å². The number of aliphatic imine (C=N–C) groups is 2. The quantitative estimate of drug-likeness (QED) is 0.547. The van der Waals surface area contributed by atoms with Crippen molar-refractivity contribution in [2.24, 2.45) is 9.98 Å². The van der Waals surface area contributed by atoms with Gasteiger partial charge in [-0.1, -0.05) is 60.7 Å². The molecule has 1 aliphatic rings. The third-order valence-electron chi connectivity index (χ3n) is 4.49. The second kappa shape index (κ2) is 7.15. The first kappa shape index (κ1) is 17.1. The number of nitrogens with zero attached hydrogens (tertiary/aromatic N) is 2. The number of amidine groups is 1. The van der Waals surface area contributed by atoms with E-state index in [2.05, 4.69) is 0 Å². The van der Waals surface area contributed by atoms with Crippen LogP contribution in [-0.4, -0.2) is 23.9 Å². The van der Waals surface area contributed by atoms with E-state index in [1.807, 2.05) is 84.9 Å². The summed E-state index contributed by atoms with van der Waals surface area (Å²) in [5.74, 6) is 1.23. The summed E-state index contributed by atoms with van der Waals surface area (Å²) >= 11 is 0. The first-order chi connectivity index (χ1) is 13.3. The molecule has 5 nitrogen and oxygen atoms in total. The van der Waals surface area contributed by atoms with Crippen LogP contribution in [0.5, 0.6) is 5.75 Å². The Balaban J connectivity index is 1.88. The van der Waals surface area contributed by atoms with Crippen LogP contribution in [0.25, 0.3) is 0 Å². The van der Waals surface area contributed by atoms with Gasteiger partial charge >= 0.3 is 0 Å². The van der Waals surface area contributed by atoms with Gasteiger partial charge in [-0.25, -0.2) is 15.2 Å². The van der Waals surface area contributed by atoms with Gasteiger partial charge in [0.15, 0.2) is 5.84 Å². The van der Waals surface area contributed by atoms with Crippen molar-refractivity contribution in [3.63, 3.8) is 0 Å².